The van der Waals surface area contributed by atoms with Gasteiger partial charge < -0.3 is 9.32 Å². The van der Waals surface area contributed by atoms with Crippen molar-refractivity contribution in [2.45, 2.75) is 24.7 Å². The molecule has 0 spiro atoms. The number of amides is 1. The van der Waals surface area contributed by atoms with Gasteiger partial charge in [0.2, 0.25) is 10.0 Å². The van der Waals surface area contributed by atoms with Crippen molar-refractivity contribution in [3.63, 3.8) is 0 Å². The highest BCUT2D eigenvalue weighted by atomic mass is 32.2. The predicted molar refractivity (Wildman–Crippen MR) is 102 cm³/mol. The van der Waals surface area contributed by atoms with E-state index >= 15 is 0 Å². The zero-order chi connectivity index (χ0) is 20.7. The van der Waals surface area contributed by atoms with Crippen LogP contribution in [0.3, 0.4) is 0 Å². The van der Waals surface area contributed by atoms with Gasteiger partial charge in [-0.1, -0.05) is 0 Å². The molecule has 0 bridgehead atoms. The summed E-state index contributed by atoms with van der Waals surface area (Å²) in [7, 11) is -4.28. The normalized spacial score (nSPS) is 20.2. The zero-order valence-corrected chi connectivity index (χ0v) is 17.9. The second-order valence-electron chi connectivity index (χ2n) is 7.12. The van der Waals surface area contributed by atoms with Crippen molar-refractivity contribution in [1.29, 1.82) is 0 Å². The maximum absolute atomic E-state index is 12.7. The van der Waals surface area contributed by atoms with E-state index in [0.717, 1.165) is 17.1 Å². The van der Waals surface area contributed by atoms with Crippen LogP contribution < -0.4 is 0 Å². The highest BCUT2D eigenvalue weighted by Gasteiger charge is 2.34. The molecule has 2 aliphatic heterocycles. The number of rotatable bonds is 5. The van der Waals surface area contributed by atoms with E-state index in [9.17, 15) is 21.6 Å². The molecule has 0 atom stereocenters. The zero-order valence-electron chi connectivity index (χ0n) is 16.3. The second kappa shape index (κ2) is 7.75. The molecule has 2 aliphatic rings. The number of furan rings is 1. The molecule has 0 N–H and O–H groups in total. The molecule has 0 saturated carbocycles. The predicted octanol–water partition coefficient (Wildman–Crippen LogP) is -0.0633. The first-order valence-electron chi connectivity index (χ1n) is 9.12. The van der Waals surface area contributed by atoms with E-state index < -0.39 is 26.1 Å². The van der Waals surface area contributed by atoms with Crippen LogP contribution in [-0.2, 0) is 20.2 Å². The Morgan fingerprint density at radius 3 is 2.07 bits per heavy atom. The lowest BCUT2D eigenvalue weighted by molar-refractivity contribution is 0.0662. The molecule has 1 aromatic heterocycles. The summed E-state index contributed by atoms with van der Waals surface area (Å²) < 4.78 is 59.2. The lowest BCUT2D eigenvalue weighted by Gasteiger charge is -2.34. The number of hydrogen-bond acceptors (Lipinski definition) is 6. The van der Waals surface area contributed by atoms with Crippen molar-refractivity contribution < 1.29 is 26.0 Å². The number of carbonyl (C=O) groups is 1. The smallest absolute Gasteiger partial charge is 0.289 e. The molecule has 0 aromatic carbocycles. The minimum absolute atomic E-state index is 0.0200. The SMILES string of the molecule is Cc1oc(C(=O)N2CCN(S(=O)(=O)N(C)C)CC2)cc1S(=O)(=O)N1CCCC1. The molecule has 1 aromatic rings. The Hall–Kier alpha value is -1.47. The van der Waals surface area contributed by atoms with Gasteiger partial charge in [0.1, 0.15) is 10.7 Å². The van der Waals surface area contributed by atoms with Crippen LogP contribution in [0.25, 0.3) is 0 Å². The first kappa shape index (κ1) is 21.2. The van der Waals surface area contributed by atoms with Crippen LogP contribution >= 0.6 is 0 Å². The van der Waals surface area contributed by atoms with E-state index in [0.29, 0.717) is 13.1 Å². The molecule has 0 unspecified atom stereocenters. The van der Waals surface area contributed by atoms with Crippen LogP contribution in [-0.4, -0.2) is 93.9 Å². The van der Waals surface area contributed by atoms with E-state index in [1.807, 2.05) is 0 Å². The van der Waals surface area contributed by atoms with Crippen LogP contribution in [0.4, 0.5) is 0 Å². The quantitative estimate of drug-likeness (QED) is 0.642. The van der Waals surface area contributed by atoms with Gasteiger partial charge in [0.25, 0.3) is 16.1 Å². The van der Waals surface area contributed by atoms with E-state index in [-0.39, 0.29) is 42.6 Å². The molecule has 28 heavy (non-hydrogen) atoms. The maximum Gasteiger partial charge on any atom is 0.289 e. The summed E-state index contributed by atoms with van der Waals surface area (Å²) in [6.07, 6.45) is 1.64. The molecule has 2 fully saturated rings. The molecule has 3 heterocycles. The van der Waals surface area contributed by atoms with Crippen molar-refractivity contribution >= 4 is 26.1 Å². The number of aryl methyl sites for hydroxylation is 1. The molecule has 3 rings (SSSR count). The van der Waals surface area contributed by atoms with Crippen molar-refractivity contribution in [3.05, 3.63) is 17.6 Å². The Morgan fingerprint density at radius 2 is 1.54 bits per heavy atom. The van der Waals surface area contributed by atoms with Gasteiger partial charge in [-0.05, 0) is 19.8 Å². The van der Waals surface area contributed by atoms with Gasteiger partial charge in [-0.25, -0.2) is 8.42 Å². The highest BCUT2D eigenvalue weighted by molar-refractivity contribution is 7.89. The minimum Gasteiger partial charge on any atom is -0.455 e. The molecule has 12 heteroatoms. The Kier molecular flexibility index (Phi) is 5.88. The maximum atomic E-state index is 12.7. The minimum atomic E-state index is -3.67. The lowest BCUT2D eigenvalue weighted by atomic mass is 10.3. The summed E-state index contributed by atoms with van der Waals surface area (Å²) in [5, 5.41) is 0. The summed E-state index contributed by atoms with van der Waals surface area (Å²) in [4.78, 5) is 14.2. The monoisotopic (exact) mass is 434 g/mol. The average Bonchev–Trinajstić information content (AvgIpc) is 3.31. The summed E-state index contributed by atoms with van der Waals surface area (Å²) in [6, 6.07) is 1.29. The summed E-state index contributed by atoms with van der Waals surface area (Å²) in [6.45, 7) is 3.23. The Bertz CT molecular complexity index is 940. The molecule has 1 amide bonds. The fraction of sp³-hybridized carbons (Fsp3) is 0.688. The third kappa shape index (κ3) is 3.83. The van der Waals surface area contributed by atoms with Gasteiger partial charge in [0.15, 0.2) is 5.76 Å². The van der Waals surface area contributed by atoms with Crippen LogP contribution in [0.15, 0.2) is 15.4 Å². The summed E-state index contributed by atoms with van der Waals surface area (Å²) in [5.41, 5.74) is 0. The fourth-order valence-corrected chi connectivity index (χ4v) is 6.17. The van der Waals surface area contributed by atoms with Crippen molar-refractivity contribution in [2.75, 3.05) is 53.4 Å². The first-order valence-corrected chi connectivity index (χ1v) is 12.0. The van der Waals surface area contributed by atoms with Gasteiger partial charge >= 0.3 is 0 Å². The molecular formula is C16H26N4O6S2. The van der Waals surface area contributed by atoms with Gasteiger partial charge in [-0.3, -0.25) is 4.79 Å². The molecule has 0 aliphatic carbocycles. The molecule has 158 valence electrons. The van der Waals surface area contributed by atoms with Crippen LogP contribution in [0.2, 0.25) is 0 Å². The van der Waals surface area contributed by atoms with E-state index in [1.165, 1.54) is 40.6 Å². The van der Waals surface area contributed by atoms with Crippen molar-refractivity contribution in [1.82, 2.24) is 17.8 Å². The molecule has 0 radical (unpaired) electrons. The number of piperazine rings is 1. The standard InChI is InChI=1S/C16H26N4O6S2/c1-13-15(27(22,23)19-6-4-5-7-19)12-14(26-13)16(21)18-8-10-20(11-9-18)28(24,25)17(2)3/h12H,4-11H2,1-3H3. The molecule has 10 nitrogen and oxygen atoms in total. The molecule has 2 saturated heterocycles. The van der Waals surface area contributed by atoms with E-state index in [1.54, 1.807) is 0 Å². The van der Waals surface area contributed by atoms with Gasteiger partial charge in [0.05, 0.1) is 0 Å². The van der Waals surface area contributed by atoms with Gasteiger partial charge in [0, 0.05) is 59.4 Å². The fourth-order valence-electron chi connectivity index (χ4n) is 3.40. The largest absolute Gasteiger partial charge is 0.455 e. The van der Waals surface area contributed by atoms with Gasteiger partial charge in [-0.15, -0.1) is 0 Å². The van der Waals surface area contributed by atoms with E-state index in [2.05, 4.69) is 0 Å². The van der Waals surface area contributed by atoms with Crippen molar-refractivity contribution in [3.8, 4) is 0 Å². The average molecular weight is 435 g/mol. The third-order valence-corrected chi connectivity index (χ3v) is 9.03. The number of nitrogens with zero attached hydrogens (tertiary/aromatic N) is 4. The van der Waals surface area contributed by atoms with Crippen LogP contribution in [0.1, 0.15) is 29.2 Å². The molecular weight excluding hydrogens is 408 g/mol. The summed E-state index contributed by atoms with van der Waals surface area (Å²) in [5.74, 6) is -0.295. The Morgan fingerprint density at radius 1 is 0.964 bits per heavy atom. The Balaban J connectivity index is 1.73. The number of carbonyl (C=O) groups excluding carboxylic acids is 1. The first-order chi connectivity index (χ1) is 13.0. The highest BCUT2D eigenvalue weighted by Crippen LogP contribution is 2.27. The van der Waals surface area contributed by atoms with Crippen LogP contribution in [0.5, 0.6) is 0 Å². The van der Waals surface area contributed by atoms with Crippen LogP contribution in [0, 0.1) is 6.92 Å². The van der Waals surface area contributed by atoms with Crippen molar-refractivity contribution in [2.24, 2.45) is 0 Å². The Labute approximate surface area is 165 Å². The van der Waals surface area contributed by atoms with E-state index in [4.69, 9.17) is 4.42 Å². The number of sulfonamides is 1. The topological polar surface area (TPSA) is 111 Å². The summed E-state index contributed by atoms with van der Waals surface area (Å²) >= 11 is 0. The number of hydrogen-bond donors (Lipinski definition) is 0. The lowest BCUT2D eigenvalue weighted by Crippen LogP contribution is -2.53. The third-order valence-electron chi connectivity index (χ3n) is 5.08. The second-order valence-corrected chi connectivity index (χ2v) is 11.2. The van der Waals surface area contributed by atoms with Gasteiger partial charge in [-0.2, -0.15) is 21.3 Å².